The van der Waals surface area contributed by atoms with Gasteiger partial charge in [0.2, 0.25) is 5.91 Å². The Bertz CT molecular complexity index is 1010. The second-order valence-corrected chi connectivity index (χ2v) is 7.64. The number of carbonyl (C=O) groups is 1. The predicted octanol–water partition coefficient (Wildman–Crippen LogP) is 3.97. The van der Waals surface area contributed by atoms with Gasteiger partial charge < -0.3 is 20.5 Å². The van der Waals surface area contributed by atoms with Gasteiger partial charge in [-0.15, -0.1) is 0 Å². The van der Waals surface area contributed by atoms with E-state index in [1.807, 2.05) is 60.8 Å². The van der Waals surface area contributed by atoms with Crippen molar-refractivity contribution in [2.45, 2.75) is 31.8 Å². The molecular formula is C23H25N5OS. The molecule has 0 aliphatic carbocycles. The number of rotatable bonds is 7. The number of anilines is 1. The number of nitrogens with zero attached hydrogens (tertiary/aromatic N) is 2. The van der Waals surface area contributed by atoms with Gasteiger partial charge >= 0.3 is 0 Å². The largest absolute Gasteiger partial charge is 0.363 e. The van der Waals surface area contributed by atoms with E-state index in [4.69, 9.17) is 12.2 Å². The molecule has 1 aliphatic rings. The molecule has 7 heteroatoms. The van der Waals surface area contributed by atoms with Gasteiger partial charge in [0.1, 0.15) is 0 Å². The third-order valence-corrected chi connectivity index (χ3v) is 5.74. The number of aromatic amines is 1. The van der Waals surface area contributed by atoms with Crippen LogP contribution in [-0.2, 0) is 11.2 Å². The van der Waals surface area contributed by atoms with Crippen molar-refractivity contribution in [1.82, 2.24) is 20.2 Å². The zero-order valence-corrected chi connectivity index (χ0v) is 17.7. The van der Waals surface area contributed by atoms with Crippen molar-refractivity contribution in [2.24, 2.45) is 0 Å². The first kappa shape index (κ1) is 20.1. The molecule has 1 aliphatic heterocycles. The standard InChI is InChI=1S/C23H25N5OS/c1-2-16-8-3-4-9-17(16)26-20(29)12-15-28-22(19-11-7-14-25-19)21(27-23(28)30)18-10-5-6-13-24-18/h3-11,13-14,21-22,25H,2,12,15H2,1H3,(H,26,29)(H,27,30). The van der Waals surface area contributed by atoms with Gasteiger partial charge in [-0.05, 0) is 54.5 Å². The van der Waals surface area contributed by atoms with E-state index in [0.29, 0.717) is 18.1 Å². The molecule has 2 aromatic heterocycles. The highest BCUT2D eigenvalue weighted by Crippen LogP contribution is 2.37. The Hall–Kier alpha value is -3.19. The lowest BCUT2D eigenvalue weighted by molar-refractivity contribution is -0.116. The molecule has 2 unspecified atom stereocenters. The number of pyridine rings is 1. The lowest BCUT2D eigenvalue weighted by Crippen LogP contribution is -2.32. The Morgan fingerprint density at radius 3 is 2.73 bits per heavy atom. The van der Waals surface area contributed by atoms with E-state index >= 15 is 0 Å². The molecule has 30 heavy (non-hydrogen) atoms. The van der Waals surface area contributed by atoms with Gasteiger partial charge in [0, 0.05) is 36.7 Å². The van der Waals surface area contributed by atoms with E-state index in [9.17, 15) is 4.79 Å². The molecule has 6 nitrogen and oxygen atoms in total. The topological polar surface area (TPSA) is 73.1 Å². The maximum Gasteiger partial charge on any atom is 0.226 e. The van der Waals surface area contributed by atoms with Gasteiger partial charge in [0.25, 0.3) is 0 Å². The summed E-state index contributed by atoms with van der Waals surface area (Å²) in [5, 5.41) is 7.07. The number of hydrogen-bond acceptors (Lipinski definition) is 3. The van der Waals surface area contributed by atoms with Crippen molar-refractivity contribution >= 4 is 28.9 Å². The first-order valence-corrected chi connectivity index (χ1v) is 10.6. The summed E-state index contributed by atoms with van der Waals surface area (Å²) in [6.07, 6.45) is 4.90. The molecule has 2 atom stereocenters. The molecule has 1 amide bonds. The molecular weight excluding hydrogens is 394 g/mol. The van der Waals surface area contributed by atoms with Gasteiger partial charge in [-0.1, -0.05) is 31.2 Å². The molecule has 0 radical (unpaired) electrons. The van der Waals surface area contributed by atoms with Crippen molar-refractivity contribution in [3.8, 4) is 0 Å². The Labute approximate surface area is 181 Å². The van der Waals surface area contributed by atoms with Crippen LogP contribution in [0.15, 0.2) is 67.0 Å². The minimum Gasteiger partial charge on any atom is -0.363 e. The lowest BCUT2D eigenvalue weighted by Gasteiger charge is -2.26. The summed E-state index contributed by atoms with van der Waals surface area (Å²) in [4.78, 5) is 22.6. The summed E-state index contributed by atoms with van der Waals surface area (Å²) in [5.41, 5.74) is 3.96. The smallest absolute Gasteiger partial charge is 0.226 e. The monoisotopic (exact) mass is 419 g/mol. The van der Waals surface area contributed by atoms with Crippen molar-refractivity contribution < 1.29 is 4.79 Å². The molecule has 0 saturated carbocycles. The predicted molar refractivity (Wildman–Crippen MR) is 122 cm³/mol. The summed E-state index contributed by atoms with van der Waals surface area (Å²) in [5.74, 6) is -0.0229. The summed E-state index contributed by atoms with van der Waals surface area (Å²) >= 11 is 5.63. The van der Waals surface area contributed by atoms with Gasteiger partial charge in [-0.25, -0.2) is 0 Å². The first-order valence-electron chi connectivity index (χ1n) is 10.2. The third kappa shape index (κ3) is 4.21. The number of para-hydroxylation sites is 1. The summed E-state index contributed by atoms with van der Waals surface area (Å²) < 4.78 is 0. The van der Waals surface area contributed by atoms with Crippen LogP contribution in [0, 0.1) is 0 Å². The Morgan fingerprint density at radius 1 is 1.17 bits per heavy atom. The fourth-order valence-electron chi connectivity index (χ4n) is 3.90. The number of carbonyl (C=O) groups excluding carboxylic acids is 1. The van der Waals surface area contributed by atoms with Crippen LogP contribution in [0.3, 0.4) is 0 Å². The van der Waals surface area contributed by atoms with E-state index < -0.39 is 0 Å². The number of nitrogens with one attached hydrogen (secondary N) is 3. The molecule has 0 spiro atoms. The Kier molecular flexibility index (Phi) is 6.09. The Balaban J connectivity index is 1.49. The summed E-state index contributed by atoms with van der Waals surface area (Å²) in [7, 11) is 0. The molecule has 3 heterocycles. The average Bonchev–Trinajstić information content (AvgIpc) is 3.41. The molecule has 154 valence electrons. The number of amides is 1. The van der Waals surface area contributed by atoms with Crippen molar-refractivity contribution in [1.29, 1.82) is 0 Å². The maximum atomic E-state index is 12.7. The van der Waals surface area contributed by atoms with Crippen LogP contribution in [0.2, 0.25) is 0 Å². The zero-order valence-electron chi connectivity index (χ0n) is 16.8. The van der Waals surface area contributed by atoms with E-state index in [1.165, 1.54) is 0 Å². The van der Waals surface area contributed by atoms with E-state index in [2.05, 4.69) is 32.4 Å². The van der Waals surface area contributed by atoms with Crippen molar-refractivity contribution in [2.75, 3.05) is 11.9 Å². The van der Waals surface area contributed by atoms with Crippen LogP contribution in [0.4, 0.5) is 5.69 Å². The first-order chi connectivity index (χ1) is 14.7. The minimum absolute atomic E-state index is 0.0229. The summed E-state index contributed by atoms with van der Waals surface area (Å²) in [6.45, 7) is 2.59. The average molecular weight is 420 g/mol. The lowest BCUT2D eigenvalue weighted by atomic mass is 10.0. The van der Waals surface area contributed by atoms with Crippen LogP contribution in [0.5, 0.6) is 0 Å². The number of aromatic nitrogens is 2. The van der Waals surface area contributed by atoms with Gasteiger partial charge in [0.15, 0.2) is 5.11 Å². The second-order valence-electron chi connectivity index (χ2n) is 7.25. The maximum absolute atomic E-state index is 12.7. The molecule has 0 bridgehead atoms. The molecule has 1 saturated heterocycles. The highest BCUT2D eigenvalue weighted by Gasteiger charge is 2.40. The van der Waals surface area contributed by atoms with Gasteiger partial charge in [0.05, 0.1) is 17.8 Å². The number of aryl methyl sites for hydroxylation is 1. The van der Waals surface area contributed by atoms with Crippen LogP contribution in [-0.4, -0.2) is 32.4 Å². The highest BCUT2D eigenvalue weighted by molar-refractivity contribution is 7.80. The molecule has 3 N–H and O–H groups in total. The fraction of sp³-hybridized carbons (Fsp3) is 0.261. The van der Waals surface area contributed by atoms with Crippen LogP contribution in [0.1, 0.15) is 42.4 Å². The third-order valence-electron chi connectivity index (χ3n) is 5.39. The van der Waals surface area contributed by atoms with Crippen LogP contribution >= 0.6 is 12.2 Å². The number of thiocarbonyl (C=S) groups is 1. The number of H-pyrrole nitrogens is 1. The molecule has 1 fully saturated rings. The van der Waals surface area contributed by atoms with Gasteiger partial charge in [-0.3, -0.25) is 9.78 Å². The normalized spacial score (nSPS) is 18.3. The SMILES string of the molecule is CCc1ccccc1NC(=O)CCN1C(=S)NC(c2ccccn2)C1c1ccc[nH]1. The zero-order chi connectivity index (χ0) is 20.9. The van der Waals surface area contributed by atoms with Gasteiger partial charge in [-0.2, -0.15) is 0 Å². The summed E-state index contributed by atoms with van der Waals surface area (Å²) in [6, 6.07) is 17.6. The highest BCUT2D eigenvalue weighted by atomic mass is 32.1. The van der Waals surface area contributed by atoms with E-state index in [1.54, 1.807) is 6.20 Å². The minimum atomic E-state index is -0.0822. The molecule has 1 aromatic carbocycles. The number of hydrogen-bond donors (Lipinski definition) is 3. The fourth-order valence-corrected chi connectivity index (χ4v) is 4.23. The quantitative estimate of drug-likeness (QED) is 0.506. The van der Waals surface area contributed by atoms with Crippen LogP contribution < -0.4 is 10.6 Å². The van der Waals surface area contributed by atoms with Crippen LogP contribution in [0.25, 0.3) is 0 Å². The second kappa shape index (κ2) is 9.09. The molecule has 3 aromatic rings. The van der Waals surface area contributed by atoms with Crippen molar-refractivity contribution in [3.05, 3.63) is 83.9 Å². The van der Waals surface area contributed by atoms with E-state index in [-0.39, 0.29) is 18.0 Å². The molecule has 4 rings (SSSR count). The number of benzene rings is 1. The van der Waals surface area contributed by atoms with E-state index in [0.717, 1.165) is 29.1 Å². The Morgan fingerprint density at radius 2 is 2.00 bits per heavy atom. The van der Waals surface area contributed by atoms with Crippen molar-refractivity contribution in [3.63, 3.8) is 0 Å².